The number of nitrogens with one attached hydrogen (secondary N) is 1. The van der Waals surface area contributed by atoms with Gasteiger partial charge in [-0.05, 0) is 35.7 Å². The number of halogens is 2. The Morgan fingerprint density at radius 1 is 1.09 bits per heavy atom. The molecule has 22 heavy (non-hydrogen) atoms. The molecule has 0 atom stereocenters. The summed E-state index contributed by atoms with van der Waals surface area (Å²) in [6.07, 6.45) is 0.979. The number of anilines is 1. The molecule has 0 bridgehead atoms. The number of hydrogen-bond acceptors (Lipinski definition) is 2. The summed E-state index contributed by atoms with van der Waals surface area (Å²) in [4.78, 5) is 14.3. The fraction of sp³-hybridized carbons (Fsp3) is 0.235. The predicted molar refractivity (Wildman–Crippen MR) is 90.5 cm³/mol. The van der Waals surface area contributed by atoms with E-state index in [0.717, 1.165) is 19.5 Å². The molecule has 1 aliphatic heterocycles. The van der Waals surface area contributed by atoms with Crippen LogP contribution in [-0.4, -0.2) is 23.9 Å². The van der Waals surface area contributed by atoms with Gasteiger partial charge in [-0.25, -0.2) is 0 Å². The van der Waals surface area contributed by atoms with Crippen LogP contribution in [0, 0.1) is 0 Å². The Labute approximate surface area is 139 Å². The van der Waals surface area contributed by atoms with Crippen molar-refractivity contribution in [3.63, 3.8) is 0 Å². The zero-order valence-corrected chi connectivity index (χ0v) is 13.5. The summed E-state index contributed by atoms with van der Waals surface area (Å²) in [7, 11) is 0. The van der Waals surface area contributed by atoms with Crippen LogP contribution < -0.4 is 5.32 Å². The number of rotatable bonds is 3. The largest absolute Gasteiger partial charge is 0.325 e. The van der Waals surface area contributed by atoms with Gasteiger partial charge in [0.25, 0.3) is 0 Å². The van der Waals surface area contributed by atoms with E-state index < -0.39 is 0 Å². The first-order valence-corrected chi connectivity index (χ1v) is 7.91. The van der Waals surface area contributed by atoms with Crippen LogP contribution in [0.2, 0.25) is 10.0 Å². The van der Waals surface area contributed by atoms with Gasteiger partial charge in [0, 0.05) is 28.8 Å². The number of carbonyl (C=O) groups is 1. The summed E-state index contributed by atoms with van der Waals surface area (Å²) < 4.78 is 0. The Morgan fingerprint density at radius 3 is 2.50 bits per heavy atom. The minimum absolute atomic E-state index is 0.0577. The van der Waals surface area contributed by atoms with E-state index in [-0.39, 0.29) is 5.91 Å². The summed E-state index contributed by atoms with van der Waals surface area (Å²) in [5.41, 5.74) is 3.30. The van der Waals surface area contributed by atoms with Crippen LogP contribution >= 0.6 is 23.2 Å². The Kier molecular flexibility index (Phi) is 4.67. The van der Waals surface area contributed by atoms with Crippen molar-refractivity contribution in [3.8, 4) is 0 Å². The topological polar surface area (TPSA) is 32.3 Å². The fourth-order valence-corrected chi connectivity index (χ4v) is 3.24. The van der Waals surface area contributed by atoms with Crippen LogP contribution in [0.4, 0.5) is 5.69 Å². The summed E-state index contributed by atoms with van der Waals surface area (Å²) in [5.74, 6) is -0.0577. The third-order valence-corrected chi connectivity index (χ3v) is 4.16. The predicted octanol–water partition coefficient (Wildman–Crippen LogP) is 3.99. The van der Waals surface area contributed by atoms with Crippen LogP contribution in [0.1, 0.15) is 11.1 Å². The number of hydrogen-bond donors (Lipinski definition) is 1. The lowest BCUT2D eigenvalue weighted by molar-refractivity contribution is -0.117. The van der Waals surface area contributed by atoms with Gasteiger partial charge in [0.15, 0.2) is 0 Å². The molecule has 0 unspecified atom stereocenters. The molecule has 1 heterocycles. The van der Waals surface area contributed by atoms with E-state index in [1.54, 1.807) is 18.2 Å². The minimum Gasteiger partial charge on any atom is -0.325 e. The molecule has 0 saturated carbocycles. The standard InChI is InChI=1S/C17H16Cl2N2O/c18-14-7-15(19)9-16(8-14)20-17(22)11-21-6-5-12-3-1-2-4-13(12)10-21/h1-4,7-9H,5-6,10-11H2,(H,20,22). The summed E-state index contributed by atoms with van der Waals surface area (Å²) >= 11 is 11.9. The first-order valence-electron chi connectivity index (χ1n) is 7.15. The molecule has 1 amide bonds. The molecule has 5 heteroatoms. The van der Waals surface area contributed by atoms with Crippen molar-refractivity contribution in [2.45, 2.75) is 13.0 Å². The summed E-state index contributed by atoms with van der Waals surface area (Å²) in [6.45, 7) is 2.05. The second-order valence-corrected chi connectivity index (χ2v) is 6.31. The highest BCUT2D eigenvalue weighted by Crippen LogP contribution is 2.23. The summed E-state index contributed by atoms with van der Waals surface area (Å²) in [6, 6.07) is 13.4. The molecule has 1 aliphatic rings. The SMILES string of the molecule is O=C(CN1CCc2ccccc2C1)Nc1cc(Cl)cc(Cl)c1. The van der Waals surface area contributed by atoms with Crippen molar-refractivity contribution in [2.24, 2.45) is 0 Å². The van der Waals surface area contributed by atoms with Gasteiger partial charge in [0.05, 0.1) is 6.54 Å². The quantitative estimate of drug-likeness (QED) is 0.920. The van der Waals surface area contributed by atoms with E-state index in [9.17, 15) is 4.79 Å². The lowest BCUT2D eigenvalue weighted by Crippen LogP contribution is -2.37. The van der Waals surface area contributed by atoms with Gasteiger partial charge in [-0.15, -0.1) is 0 Å². The highest BCUT2D eigenvalue weighted by molar-refractivity contribution is 6.35. The van der Waals surface area contributed by atoms with Gasteiger partial charge in [0.2, 0.25) is 5.91 Å². The van der Waals surface area contributed by atoms with E-state index in [0.29, 0.717) is 22.3 Å². The van der Waals surface area contributed by atoms with E-state index in [4.69, 9.17) is 23.2 Å². The normalized spacial score (nSPS) is 14.5. The summed E-state index contributed by atoms with van der Waals surface area (Å²) in [5, 5.41) is 3.86. The third kappa shape index (κ3) is 3.80. The Hall–Kier alpha value is -1.55. The second kappa shape index (κ2) is 6.69. The first-order chi connectivity index (χ1) is 10.6. The molecule has 0 fully saturated rings. The molecule has 0 aromatic heterocycles. The number of amides is 1. The highest BCUT2D eigenvalue weighted by Gasteiger charge is 2.18. The van der Waals surface area contributed by atoms with Gasteiger partial charge >= 0.3 is 0 Å². The van der Waals surface area contributed by atoms with Crippen LogP contribution in [-0.2, 0) is 17.8 Å². The number of benzene rings is 2. The average molecular weight is 335 g/mol. The zero-order chi connectivity index (χ0) is 15.5. The molecule has 1 N–H and O–H groups in total. The van der Waals surface area contributed by atoms with E-state index in [2.05, 4.69) is 28.4 Å². The maximum atomic E-state index is 12.2. The first kappa shape index (κ1) is 15.3. The van der Waals surface area contributed by atoms with Crippen molar-refractivity contribution >= 4 is 34.8 Å². The monoisotopic (exact) mass is 334 g/mol. The van der Waals surface area contributed by atoms with Crippen molar-refractivity contribution in [1.82, 2.24) is 4.90 Å². The molecule has 2 aromatic rings. The molecule has 0 radical (unpaired) electrons. The lowest BCUT2D eigenvalue weighted by Gasteiger charge is -2.28. The van der Waals surface area contributed by atoms with Crippen molar-refractivity contribution in [3.05, 3.63) is 63.6 Å². The fourth-order valence-electron chi connectivity index (χ4n) is 2.72. The van der Waals surface area contributed by atoms with E-state index in [1.807, 2.05) is 6.07 Å². The molecule has 0 spiro atoms. The number of fused-ring (bicyclic) bond motifs is 1. The van der Waals surface area contributed by atoms with Gasteiger partial charge in [-0.2, -0.15) is 0 Å². The molecule has 0 aliphatic carbocycles. The Bertz CT molecular complexity index is 683. The second-order valence-electron chi connectivity index (χ2n) is 5.44. The Morgan fingerprint density at radius 2 is 1.77 bits per heavy atom. The van der Waals surface area contributed by atoms with E-state index >= 15 is 0 Å². The number of carbonyl (C=O) groups excluding carboxylic acids is 1. The van der Waals surface area contributed by atoms with Crippen molar-refractivity contribution in [1.29, 1.82) is 0 Å². The van der Waals surface area contributed by atoms with Crippen LogP contribution in [0.15, 0.2) is 42.5 Å². The van der Waals surface area contributed by atoms with Gasteiger partial charge < -0.3 is 5.32 Å². The molecule has 0 saturated heterocycles. The minimum atomic E-state index is -0.0577. The van der Waals surface area contributed by atoms with Gasteiger partial charge in [0.1, 0.15) is 0 Å². The van der Waals surface area contributed by atoms with Crippen molar-refractivity contribution in [2.75, 3.05) is 18.4 Å². The zero-order valence-electron chi connectivity index (χ0n) is 12.0. The Balaban J connectivity index is 1.61. The molecular weight excluding hydrogens is 319 g/mol. The van der Waals surface area contributed by atoms with Crippen molar-refractivity contribution < 1.29 is 4.79 Å². The van der Waals surface area contributed by atoms with E-state index in [1.165, 1.54) is 11.1 Å². The molecule has 3 rings (SSSR count). The maximum Gasteiger partial charge on any atom is 0.238 e. The maximum absolute atomic E-state index is 12.2. The highest BCUT2D eigenvalue weighted by atomic mass is 35.5. The lowest BCUT2D eigenvalue weighted by atomic mass is 10.00. The average Bonchev–Trinajstić information content (AvgIpc) is 2.45. The van der Waals surface area contributed by atoms with Gasteiger partial charge in [-0.1, -0.05) is 47.5 Å². The molecule has 2 aromatic carbocycles. The smallest absolute Gasteiger partial charge is 0.238 e. The molecule has 3 nitrogen and oxygen atoms in total. The van der Waals surface area contributed by atoms with Crippen LogP contribution in [0.3, 0.4) is 0 Å². The van der Waals surface area contributed by atoms with Crippen LogP contribution in [0.5, 0.6) is 0 Å². The molecule has 114 valence electrons. The third-order valence-electron chi connectivity index (χ3n) is 3.72. The molecular formula is C17H16Cl2N2O. The van der Waals surface area contributed by atoms with Gasteiger partial charge in [-0.3, -0.25) is 9.69 Å². The van der Waals surface area contributed by atoms with Crippen LogP contribution in [0.25, 0.3) is 0 Å². The number of nitrogens with zero attached hydrogens (tertiary/aromatic N) is 1.